The van der Waals surface area contributed by atoms with Gasteiger partial charge in [-0.25, -0.2) is 13.6 Å². The third kappa shape index (κ3) is 8.29. The van der Waals surface area contributed by atoms with Crippen LogP contribution >= 0.6 is 11.6 Å². The van der Waals surface area contributed by atoms with Gasteiger partial charge in [0.05, 0.1) is 23.2 Å². The number of benzene rings is 4. The number of ether oxygens (including phenoxy) is 2. The molecule has 5 amide bonds. The van der Waals surface area contributed by atoms with E-state index in [4.69, 9.17) is 31.8 Å². The number of nitrogens with zero attached hydrogens (tertiary/aromatic N) is 5. The molecule has 3 aliphatic heterocycles. The summed E-state index contributed by atoms with van der Waals surface area (Å²) in [5.74, 6) is -2.63. The first-order valence-electron chi connectivity index (χ1n) is 23.8. The Morgan fingerprint density at radius 1 is 0.943 bits per heavy atom. The summed E-state index contributed by atoms with van der Waals surface area (Å²) < 4.78 is 45.8. The molecule has 0 spiro atoms. The maximum atomic E-state index is 16.2. The summed E-state index contributed by atoms with van der Waals surface area (Å²) >= 11 is 6.70. The maximum Gasteiger partial charge on any atom is 0.329 e. The lowest BCUT2D eigenvalue weighted by Gasteiger charge is -2.38. The van der Waals surface area contributed by atoms with Crippen LogP contribution in [0.25, 0.3) is 33.2 Å². The molecule has 6 aromatic rings. The van der Waals surface area contributed by atoms with Crippen LogP contribution in [0, 0.1) is 17.6 Å². The standard InChI is InChI=1S/C53H53ClF2N8O6/c1-29-44-42(27-38(55)47(54)46(44)45-37(49(57)66)15-16-41(69-3)48(45)56)70-53(29,34-7-5-4-6-8-34)28-59-35-12-9-31(10-13-35)51(67)63-22-18-30(19-23-63)39-25-33(17-21-58-39)32-11-14-36-40(26-32)62(2)61-50(36)64-24-20-43(65)60-52(64)68/h4-8,11,14-17,21,25-27,29-31,35,59H,9-10,12-13,18-20,22-24,28H2,1-3H3,(H2,57,66)(H,60,65,68). The van der Waals surface area contributed by atoms with Crippen molar-refractivity contribution in [2.75, 3.05) is 38.2 Å². The molecule has 2 aromatic heterocycles. The number of likely N-dealkylation sites (tertiary alicyclic amines) is 1. The number of anilines is 1. The van der Waals surface area contributed by atoms with Gasteiger partial charge in [0, 0.05) is 103 Å². The number of amides is 5. The van der Waals surface area contributed by atoms with Crippen LogP contribution in [0.15, 0.2) is 85.1 Å². The number of urea groups is 1. The number of imide groups is 1. The van der Waals surface area contributed by atoms with Crippen LogP contribution < -0.4 is 30.7 Å². The predicted molar refractivity (Wildman–Crippen MR) is 261 cm³/mol. The number of piperidine rings is 1. The molecule has 4 N–H and O–H groups in total. The Morgan fingerprint density at radius 3 is 2.40 bits per heavy atom. The number of hydrogen-bond donors (Lipinski definition) is 3. The monoisotopic (exact) mass is 970 g/mol. The SMILES string of the molecule is COc1ccc(C(N)=O)c(-c2c(Cl)c(F)cc3c2C(C)C(CNC2CCC(C(=O)N4CCC(c5cc(-c6ccc7c(N8CCC(=O)NC8=O)nn(C)c7c6)ccn5)CC4)CC2)(c2ccccc2)O3)c1F. The van der Waals surface area contributed by atoms with E-state index in [0.29, 0.717) is 31.0 Å². The lowest BCUT2D eigenvalue weighted by molar-refractivity contribution is -0.137. The van der Waals surface area contributed by atoms with Gasteiger partial charge in [-0.1, -0.05) is 54.9 Å². The van der Waals surface area contributed by atoms with Gasteiger partial charge in [-0.2, -0.15) is 5.10 Å². The first kappa shape index (κ1) is 46.8. The van der Waals surface area contributed by atoms with Crippen LogP contribution in [-0.4, -0.2) is 82.7 Å². The molecule has 2 atom stereocenters. The normalized spacial score (nSPS) is 21.7. The fourth-order valence-corrected chi connectivity index (χ4v) is 11.4. The van der Waals surface area contributed by atoms with E-state index in [1.165, 1.54) is 30.2 Å². The number of carbonyl (C=O) groups is 4. The number of fused-ring (bicyclic) bond motifs is 2. The Hall–Kier alpha value is -6.91. The third-order valence-electron chi connectivity index (χ3n) is 15.0. The number of aromatic nitrogens is 3. The van der Waals surface area contributed by atoms with Crippen LogP contribution in [0.2, 0.25) is 5.02 Å². The molecule has 14 nitrogen and oxygen atoms in total. The van der Waals surface area contributed by atoms with Crippen molar-refractivity contribution in [3.05, 3.63) is 124 Å². The molecule has 362 valence electrons. The number of carbonyl (C=O) groups excluding carboxylic acids is 4. The number of primary amides is 1. The Kier molecular flexibility index (Phi) is 12.6. The molecular weight excluding hydrogens is 918 g/mol. The Balaban J connectivity index is 0.788. The number of nitrogens with one attached hydrogen (secondary N) is 2. The lowest BCUT2D eigenvalue weighted by Crippen LogP contribution is -2.49. The van der Waals surface area contributed by atoms with Crippen LogP contribution in [0.4, 0.5) is 19.4 Å². The molecule has 1 saturated carbocycles. The van der Waals surface area contributed by atoms with Crippen LogP contribution in [0.5, 0.6) is 11.5 Å². The van der Waals surface area contributed by atoms with E-state index in [2.05, 4.69) is 27.9 Å². The number of halogens is 3. The second-order valence-corrected chi connectivity index (χ2v) is 19.2. The van der Waals surface area contributed by atoms with E-state index in [9.17, 15) is 19.2 Å². The highest BCUT2D eigenvalue weighted by Gasteiger charge is 2.50. The molecule has 70 heavy (non-hydrogen) atoms. The lowest BCUT2D eigenvalue weighted by atomic mass is 9.77. The van der Waals surface area contributed by atoms with Crippen molar-refractivity contribution in [1.29, 1.82) is 0 Å². The van der Waals surface area contributed by atoms with E-state index >= 15 is 8.78 Å². The molecule has 2 unspecified atom stereocenters. The highest BCUT2D eigenvalue weighted by molar-refractivity contribution is 6.34. The number of pyridine rings is 1. The second-order valence-electron chi connectivity index (χ2n) is 18.8. The van der Waals surface area contributed by atoms with Crippen LogP contribution in [0.3, 0.4) is 0 Å². The van der Waals surface area contributed by atoms with E-state index < -0.39 is 35.1 Å². The van der Waals surface area contributed by atoms with Gasteiger partial charge in [0.25, 0.3) is 0 Å². The average Bonchev–Trinajstić information content (AvgIpc) is 3.85. The molecular formula is C53H53ClF2N8O6. The first-order chi connectivity index (χ1) is 33.8. The molecule has 3 fully saturated rings. The smallest absolute Gasteiger partial charge is 0.329 e. The van der Waals surface area contributed by atoms with Crippen molar-refractivity contribution in [3.63, 3.8) is 0 Å². The van der Waals surface area contributed by atoms with E-state index in [1.54, 1.807) is 4.68 Å². The van der Waals surface area contributed by atoms with Gasteiger partial charge in [0.1, 0.15) is 11.6 Å². The minimum atomic E-state index is -1.09. The minimum Gasteiger partial charge on any atom is -0.494 e. The van der Waals surface area contributed by atoms with Crippen molar-refractivity contribution in [2.45, 2.75) is 75.3 Å². The van der Waals surface area contributed by atoms with Crippen molar-refractivity contribution < 1.29 is 37.4 Å². The Morgan fingerprint density at radius 2 is 1.69 bits per heavy atom. The number of rotatable bonds is 11. The topological polar surface area (TPSA) is 174 Å². The fraction of sp³-hybridized carbons (Fsp3) is 0.358. The highest BCUT2D eigenvalue weighted by atomic mass is 35.5. The van der Waals surface area contributed by atoms with E-state index in [0.717, 1.165) is 71.8 Å². The van der Waals surface area contributed by atoms with Crippen molar-refractivity contribution in [2.24, 2.45) is 18.7 Å². The average molecular weight is 972 g/mol. The number of methoxy groups -OCH3 is 1. The zero-order chi connectivity index (χ0) is 49.0. The number of aryl methyl sites for hydroxylation is 1. The van der Waals surface area contributed by atoms with Gasteiger partial charge >= 0.3 is 6.03 Å². The summed E-state index contributed by atoms with van der Waals surface area (Å²) in [5, 5.41) is 11.2. The predicted octanol–water partition coefficient (Wildman–Crippen LogP) is 8.73. The van der Waals surface area contributed by atoms with Gasteiger partial charge in [0.2, 0.25) is 17.7 Å². The third-order valence-corrected chi connectivity index (χ3v) is 15.3. The number of hydrogen-bond acceptors (Lipinski definition) is 9. The van der Waals surface area contributed by atoms with Crippen molar-refractivity contribution >= 4 is 52.1 Å². The Labute approximate surface area is 408 Å². The zero-order valence-electron chi connectivity index (χ0n) is 39.1. The summed E-state index contributed by atoms with van der Waals surface area (Å²) in [7, 11) is 3.13. The molecule has 0 radical (unpaired) electrons. The molecule has 5 heterocycles. The minimum absolute atomic E-state index is 0.0117. The quantitative estimate of drug-likeness (QED) is 0.115. The highest BCUT2D eigenvalue weighted by Crippen LogP contribution is 2.56. The largest absolute Gasteiger partial charge is 0.494 e. The van der Waals surface area contributed by atoms with Crippen molar-refractivity contribution in [1.82, 2.24) is 30.3 Å². The van der Waals surface area contributed by atoms with Gasteiger partial charge in [0.15, 0.2) is 23.0 Å². The zero-order valence-corrected chi connectivity index (χ0v) is 39.8. The van der Waals surface area contributed by atoms with E-state index in [1.807, 2.05) is 73.6 Å². The molecule has 10 rings (SSSR count). The summed E-state index contributed by atoms with van der Waals surface area (Å²) in [6.07, 6.45) is 6.62. The van der Waals surface area contributed by atoms with Gasteiger partial charge < -0.3 is 25.4 Å². The Bertz CT molecular complexity index is 3060. The molecule has 4 aromatic carbocycles. The number of nitrogens with two attached hydrogens (primary N) is 1. The summed E-state index contributed by atoms with van der Waals surface area (Å²) in [4.78, 5) is 59.4. The molecule has 2 saturated heterocycles. The second kappa shape index (κ2) is 18.8. The first-order valence-corrected chi connectivity index (χ1v) is 24.1. The molecule has 1 aliphatic carbocycles. The maximum absolute atomic E-state index is 16.2. The van der Waals surface area contributed by atoms with Crippen LogP contribution in [-0.2, 0) is 22.2 Å². The molecule has 4 aliphatic rings. The molecule has 0 bridgehead atoms. The van der Waals surface area contributed by atoms with Gasteiger partial charge in [-0.3, -0.25) is 34.3 Å². The summed E-state index contributed by atoms with van der Waals surface area (Å²) in [6.45, 7) is 3.80. The van der Waals surface area contributed by atoms with E-state index in [-0.39, 0.29) is 75.9 Å². The van der Waals surface area contributed by atoms with Crippen molar-refractivity contribution in [3.8, 4) is 33.8 Å². The van der Waals surface area contributed by atoms with Crippen LogP contribution in [0.1, 0.15) is 90.9 Å². The van der Waals surface area contributed by atoms with Gasteiger partial charge in [-0.05, 0) is 91.6 Å². The summed E-state index contributed by atoms with van der Waals surface area (Å²) in [5.41, 5.74) is 9.33. The summed E-state index contributed by atoms with van der Waals surface area (Å²) in [6, 6.07) is 23.2. The van der Waals surface area contributed by atoms with Gasteiger partial charge in [-0.15, -0.1) is 0 Å². The fourth-order valence-electron chi connectivity index (χ4n) is 11.1. The molecule has 17 heteroatoms.